The number of benzene rings is 1. The number of hydrogen-bond donors (Lipinski definition) is 2. The number of alkyl halides is 3. The Hall–Kier alpha value is -2.02. The summed E-state index contributed by atoms with van der Waals surface area (Å²) in [5.41, 5.74) is 0.755. The van der Waals surface area contributed by atoms with Gasteiger partial charge in [0, 0.05) is 36.4 Å². The summed E-state index contributed by atoms with van der Waals surface area (Å²) in [5.74, 6) is 0. The second-order valence-electron chi connectivity index (χ2n) is 6.26. The second-order valence-corrected chi connectivity index (χ2v) is 6.26. The molecule has 0 bridgehead atoms. The van der Waals surface area contributed by atoms with Crippen molar-refractivity contribution in [1.82, 2.24) is 9.88 Å². The highest BCUT2D eigenvalue weighted by atomic mass is 19.4. The zero-order valence-electron chi connectivity index (χ0n) is 13.2. The van der Waals surface area contributed by atoms with E-state index in [1.807, 2.05) is 23.1 Å². The summed E-state index contributed by atoms with van der Waals surface area (Å²) >= 11 is 0. The van der Waals surface area contributed by atoms with Crippen LogP contribution in [0.4, 0.5) is 18.9 Å². The molecule has 1 saturated heterocycles. The van der Waals surface area contributed by atoms with Crippen LogP contribution in [-0.2, 0) is 0 Å². The predicted molar refractivity (Wildman–Crippen MR) is 88.3 cm³/mol. The van der Waals surface area contributed by atoms with E-state index in [9.17, 15) is 18.0 Å². The van der Waals surface area contributed by atoms with E-state index >= 15 is 0 Å². The lowest BCUT2D eigenvalue weighted by Crippen LogP contribution is -2.43. The van der Waals surface area contributed by atoms with Gasteiger partial charge in [-0.2, -0.15) is 13.2 Å². The summed E-state index contributed by atoms with van der Waals surface area (Å²) in [6.45, 7) is 1.36. The van der Waals surface area contributed by atoms with Crippen LogP contribution in [0.15, 0.2) is 35.3 Å². The third-order valence-electron chi connectivity index (χ3n) is 4.36. The SMILES string of the molecule is O=c1[nH]ccc2cc(N[C@@H]3CCCN(CCC(F)(F)F)C3)ccc12. The molecule has 1 aliphatic rings. The minimum Gasteiger partial charge on any atom is -0.381 e. The van der Waals surface area contributed by atoms with Crippen molar-refractivity contribution in [3.05, 3.63) is 40.8 Å². The molecule has 1 aromatic carbocycles. The molecule has 0 amide bonds. The largest absolute Gasteiger partial charge is 0.390 e. The molecule has 7 heteroatoms. The topological polar surface area (TPSA) is 48.1 Å². The average molecular weight is 339 g/mol. The third kappa shape index (κ3) is 4.29. The van der Waals surface area contributed by atoms with Gasteiger partial charge in [0.25, 0.3) is 5.56 Å². The maximum absolute atomic E-state index is 12.4. The van der Waals surface area contributed by atoms with Crippen molar-refractivity contribution in [2.24, 2.45) is 0 Å². The highest BCUT2D eigenvalue weighted by molar-refractivity contribution is 5.84. The summed E-state index contributed by atoms with van der Waals surface area (Å²) in [6.07, 6.45) is -1.46. The van der Waals surface area contributed by atoms with Gasteiger partial charge in [-0.1, -0.05) is 0 Å². The number of likely N-dealkylation sites (tertiary alicyclic amines) is 1. The minimum absolute atomic E-state index is 0.0504. The first-order valence-electron chi connectivity index (χ1n) is 8.08. The molecule has 0 saturated carbocycles. The molecule has 3 rings (SSSR count). The number of rotatable bonds is 4. The average Bonchev–Trinajstić information content (AvgIpc) is 2.53. The molecule has 2 aromatic rings. The summed E-state index contributed by atoms with van der Waals surface area (Å²) in [5, 5.41) is 4.85. The highest BCUT2D eigenvalue weighted by Gasteiger charge is 2.29. The first-order valence-corrected chi connectivity index (χ1v) is 8.08. The van der Waals surface area contributed by atoms with E-state index in [0.717, 1.165) is 23.9 Å². The van der Waals surface area contributed by atoms with Crippen LogP contribution in [0.3, 0.4) is 0 Å². The number of H-pyrrole nitrogens is 1. The maximum atomic E-state index is 12.4. The molecular weight excluding hydrogens is 319 g/mol. The van der Waals surface area contributed by atoms with Crippen LogP contribution in [0.5, 0.6) is 0 Å². The van der Waals surface area contributed by atoms with Gasteiger partial charge in [-0.15, -0.1) is 0 Å². The number of nitrogens with zero attached hydrogens (tertiary/aromatic N) is 1. The first-order chi connectivity index (χ1) is 11.4. The molecule has 130 valence electrons. The smallest absolute Gasteiger partial charge is 0.381 e. The normalized spacial score (nSPS) is 19.5. The van der Waals surface area contributed by atoms with Gasteiger partial charge in [0.1, 0.15) is 0 Å². The summed E-state index contributed by atoms with van der Waals surface area (Å²) in [4.78, 5) is 16.2. The fourth-order valence-corrected chi connectivity index (χ4v) is 3.18. The Morgan fingerprint density at radius 3 is 2.92 bits per heavy atom. The van der Waals surface area contributed by atoms with E-state index in [-0.39, 0.29) is 18.1 Å². The Morgan fingerprint density at radius 1 is 1.29 bits per heavy atom. The number of fused-ring (bicyclic) bond motifs is 1. The molecule has 2 heterocycles. The molecule has 2 N–H and O–H groups in total. The Labute approximate surface area is 137 Å². The van der Waals surface area contributed by atoms with E-state index in [0.29, 0.717) is 18.5 Å². The molecule has 1 fully saturated rings. The molecule has 1 aromatic heterocycles. The van der Waals surface area contributed by atoms with Gasteiger partial charge in [0.05, 0.1) is 6.42 Å². The van der Waals surface area contributed by atoms with Gasteiger partial charge in [-0.25, -0.2) is 0 Å². The van der Waals surface area contributed by atoms with Crippen molar-refractivity contribution in [2.45, 2.75) is 31.5 Å². The lowest BCUT2D eigenvalue weighted by Gasteiger charge is -2.33. The van der Waals surface area contributed by atoms with Crippen molar-refractivity contribution in [2.75, 3.05) is 25.0 Å². The van der Waals surface area contributed by atoms with Crippen LogP contribution in [0.2, 0.25) is 0 Å². The van der Waals surface area contributed by atoms with Crippen LogP contribution in [0.1, 0.15) is 19.3 Å². The van der Waals surface area contributed by atoms with Gasteiger partial charge in [-0.05, 0) is 49.0 Å². The number of halogens is 3. The van der Waals surface area contributed by atoms with Gasteiger partial charge in [0.2, 0.25) is 0 Å². The fraction of sp³-hybridized carbons (Fsp3) is 0.471. The number of pyridine rings is 1. The minimum atomic E-state index is -4.11. The standard InChI is InChI=1S/C17H20F3N3O/c18-17(19,20)6-9-23-8-1-2-14(11-23)22-13-3-4-15-12(10-13)5-7-21-16(15)24/h3-5,7,10,14,22H,1-2,6,8-9,11H2,(H,21,24)/t14-/m1/s1. The molecule has 1 atom stereocenters. The number of nitrogens with one attached hydrogen (secondary N) is 2. The predicted octanol–water partition coefficient (Wildman–Crippen LogP) is 3.36. The molecule has 0 radical (unpaired) electrons. The Morgan fingerprint density at radius 2 is 2.12 bits per heavy atom. The molecule has 4 nitrogen and oxygen atoms in total. The van der Waals surface area contributed by atoms with Crippen molar-refractivity contribution in [1.29, 1.82) is 0 Å². The molecule has 24 heavy (non-hydrogen) atoms. The van der Waals surface area contributed by atoms with Crippen LogP contribution in [-0.4, -0.2) is 41.7 Å². The first kappa shape index (κ1) is 16.8. The Balaban J connectivity index is 1.64. The van der Waals surface area contributed by atoms with Crippen molar-refractivity contribution in [3.63, 3.8) is 0 Å². The highest BCUT2D eigenvalue weighted by Crippen LogP contribution is 2.23. The maximum Gasteiger partial charge on any atom is 0.390 e. The van der Waals surface area contributed by atoms with Crippen molar-refractivity contribution >= 4 is 16.5 Å². The second kappa shape index (κ2) is 6.84. The van der Waals surface area contributed by atoms with E-state index in [1.165, 1.54) is 0 Å². The molecular formula is C17H20F3N3O. The zero-order valence-corrected chi connectivity index (χ0v) is 13.2. The summed E-state index contributed by atoms with van der Waals surface area (Å²) in [6, 6.07) is 7.45. The monoisotopic (exact) mass is 339 g/mol. The van der Waals surface area contributed by atoms with Gasteiger partial charge >= 0.3 is 6.18 Å². The Kier molecular flexibility index (Phi) is 4.80. The zero-order chi connectivity index (χ0) is 17.2. The summed E-state index contributed by atoms with van der Waals surface area (Å²) in [7, 11) is 0. The van der Waals surface area contributed by atoms with Crippen molar-refractivity contribution < 1.29 is 13.2 Å². The molecule has 1 aliphatic heterocycles. The van der Waals surface area contributed by atoms with Crippen LogP contribution in [0.25, 0.3) is 10.8 Å². The third-order valence-corrected chi connectivity index (χ3v) is 4.36. The lowest BCUT2D eigenvalue weighted by atomic mass is 10.0. The lowest BCUT2D eigenvalue weighted by molar-refractivity contribution is -0.138. The van der Waals surface area contributed by atoms with Crippen LogP contribution in [0, 0.1) is 0 Å². The molecule has 0 aliphatic carbocycles. The van der Waals surface area contributed by atoms with E-state index in [1.54, 1.807) is 12.3 Å². The van der Waals surface area contributed by atoms with Crippen LogP contribution >= 0.6 is 0 Å². The summed E-state index contributed by atoms with van der Waals surface area (Å²) < 4.78 is 37.1. The van der Waals surface area contributed by atoms with E-state index in [2.05, 4.69) is 10.3 Å². The van der Waals surface area contributed by atoms with Gasteiger partial charge in [0.15, 0.2) is 0 Å². The fourth-order valence-electron chi connectivity index (χ4n) is 3.18. The van der Waals surface area contributed by atoms with Crippen molar-refractivity contribution in [3.8, 4) is 0 Å². The number of anilines is 1. The number of hydrogen-bond acceptors (Lipinski definition) is 3. The van der Waals surface area contributed by atoms with Gasteiger partial charge < -0.3 is 15.2 Å². The van der Waals surface area contributed by atoms with E-state index < -0.39 is 12.6 Å². The Bertz CT molecular complexity index is 757. The van der Waals surface area contributed by atoms with Gasteiger partial charge in [-0.3, -0.25) is 4.79 Å². The van der Waals surface area contributed by atoms with E-state index in [4.69, 9.17) is 0 Å². The number of aromatic nitrogens is 1. The quantitative estimate of drug-likeness (QED) is 0.898. The molecule has 0 spiro atoms. The molecule has 0 unspecified atom stereocenters. The number of piperidine rings is 1. The number of aromatic amines is 1. The van der Waals surface area contributed by atoms with Crippen LogP contribution < -0.4 is 10.9 Å².